The number of hydrogen-bond acceptors (Lipinski definition) is 2. The maximum absolute atomic E-state index is 5.99. The van der Waals surface area contributed by atoms with E-state index in [1.165, 1.54) is 45.3 Å². The Morgan fingerprint density at radius 3 is 2.75 bits per heavy atom. The van der Waals surface area contributed by atoms with Crippen molar-refractivity contribution in [1.29, 1.82) is 0 Å². The molecule has 1 rings (SSSR count). The highest BCUT2D eigenvalue weighted by Crippen LogP contribution is 2.22. The van der Waals surface area contributed by atoms with Crippen molar-refractivity contribution < 1.29 is 0 Å². The number of nitrogens with two attached hydrogens (primary N) is 1. The summed E-state index contributed by atoms with van der Waals surface area (Å²) in [6, 6.07) is 0.431. The summed E-state index contributed by atoms with van der Waals surface area (Å²) in [5.74, 6) is 1.71. The molecular formula is C14H30N2. The monoisotopic (exact) mass is 226 g/mol. The molecular weight excluding hydrogens is 196 g/mol. The molecule has 0 amide bonds. The van der Waals surface area contributed by atoms with Gasteiger partial charge in [-0.15, -0.1) is 0 Å². The number of likely N-dealkylation sites (tertiary alicyclic amines) is 1. The molecule has 0 saturated carbocycles. The first kappa shape index (κ1) is 14.0. The predicted octanol–water partition coefficient (Wildman–Crippen LogP) is 2.87. The van der Waals surface area contributed by atoms with Gasteiger partial charge in [0.15, 0.2) is 0 Å². The molecule has 1 saturated heterocycles. The fraction of sp³-hybridized carbons (Fsp3) is 1.00. The third-order valence-corrected chi connectivity index (χ3v) is 3.70. The van der Waals surface area contributed by atoms with Gasteiger partial charge in [-0.2, -0.15) is 0 Å². The zero-order valence-corrected chi connectivity index (χ0v) is 11.4. The average Bonchev–Trinajstić information content (AvgIpc) is 2.25. The van der Waals surface area contributed by atoms with Crippen molar-refractivity contribution in [2.24, 2.45) is 17.6 Å². The topological polar surface area (TPSA) is 29.3 Å². The van der Waals surface area contributed by atoms with Gasteiger partial charge in [0.05, 0.1) is 0 Å². The molecule has 2 unspecified atom stereocenters. The van der Waals surface area contributed by atoms with E-state index < -0.39 is 0 Å². The SMILES string of the molecule is CCC(N)CCC1CCCN(CC(C)C)C1. The summed E-state index contributed by atoms with van der Waals surface area (Å²) in [4.78, 5) is 2.65. The number of rotatable bonds is 6. The van der Waals surface area contributed by atoms with Crippen LogP contribution < -0.4 is 5.73 Å². The van der Waals surface area contributed by atoms with Crippen LogP contribution in [0.1, 0.15) is 52.9 Å². The summed E-state index contributed by atoms with van der Waals surface area (Å²) in [6.07, 6.45) is 6.49. The Hall–Kier alpha value is -0.0800. The van der Waals surface area contributed by atoms with Crippen LogP contribution in [-0.4, -0.2) is 30.6 Å². The third-order valence-electron chi connectivity index (χ3n) is 3.70. The summed E-state index contributed by atoms with van der Waals surface area (Å²) in [7, 11) is 0. The van der Waals surface area contributed by atoms with Crippen molar-refractivity contribution in [2.75, 3.05) is 19.6 Å². The van der Waals surface area contributed by atoms with Crippen LogP contribution >= 0.6 is 0 Å². The molecule has 1 heterocycles. The molecule has 0 aromatic rings. The normalized spacial score (nSPS) is 24.9. The Morgan fingerprint density at radius 1 is 1.38 bits per heavy atom. The second-order valence-corrected chi connectivity index (χ2v) is 5.91. The standard InChI is InChI=1S/C14H30N2/c1-4-14(15)8-7-13-6-5-9-16(11-13)10-12(2)3/h12-14H,4-11,15H2,1-3H3. The third kappa shape index (κ3) is 5.31. The highest BCUT2D eigenvalue weighted by atomic mass is 15.1. The molecule has 2 atom stereocenters. The fourth-order valence-corrected chi connectivity index (χ4v) is 2.72. The summed E-state index contributed by atoms with van der Waals surface area (Å²) < 4.78 is 0. The maximum atomic E-state index is 5.99. The highest BCUT2D eigenvalue weighted by molar-refractivity contribution is 4.75. The van der Waals surface area contributed by atoms with Crippen molar-refractivity contribution in [2.45, 2.75) is 58.9 Å². The molecule has 0 spiro atoms. The molecule has 0 aromatic heterocycles. The Morgan fingerprint density at radius 2 is 2.12 bits per heavy atom. The van der Waals surface area contributed by atoms with E-state index in [0.29, 0.717) is 6.04 Å². The van der Waals surface area contributed by atoms with Crippen LogP contribution in [0.25, 0.3) is 0 Å². The van der Waals surface area contributed by atoms with Crippen molar-refractivity contribution in [1.82, 2.24) is 4.90 Å². The molecule has 0 radical (unpaired) electrons. The molecule has 0 bridgehead atoms. The zero-order chi connectivity index (χ0) is 12.0. The van der Waals surface area contributed by atoms with Gasteiger partial charge in [-0.25, -0.2) is 0 Å². The van der Waals surface area contributed by atoms with E-state index in [9.17, 15) is 0 Å². The Balaban J connectivity index is 2.22. The maximum Gasteiger partial charge on any atom is 0.00363 e. The number of piperidine rings is 1. The van der Waals surface area contributed by atoms with Crippen LogP contribution in [0.3, 0.4) is 0 Å². The lowest BCUT2D eigenvalue weighted by Gasteiger charge is -2.34. The lowest BCUT2D eigenvalue weighted by atomic mass is 9.91. The van der Waals surface area contributed by atoms with Crippen molar-refractivity contribution in [3.05, 3.63) is 0 Å². The van der Waals surface area contributed by atoms with E-state index in [1.54, 1.807) is 0 Å². The van der Waals surface area contributed by atoms with Gasteiger partial charge in [0, 0.05) is 19.1 Å². The van der Waals surface area contributed by atoms with Crippen LogP contribution in [0.15, 0.2) is 0 Å². The van der Waals surface area contributed by atoms with Gasteiger partial charge in [0.1, 0.15) is 0 Å². The molecule has 1 aliphatic rings. The van der Waals surface area contributed by atoms with E-state index in [4.69, 9.17) is 5.73 Å². The first-order valence-electron chi connectivity index (χ1n) is 7.09. The first-order chi connectivity index (χ1) is 7.61. The predicted molar refractivity (Wildman–Crippen MR) is 71.5 cm³/mol. The fourth-order valence-electron chi connectivity index (χ4n) is 2.72. The van der Waals surface area contributed by atoms with Gasteiger partial charge >= 0.3 is 0 Å². The van der Waals surface area contributed by atoms with Gasteiger partial charge in [0.2, 0.25) is 0 Å². The zero-order valence-electron chi connectivity index (χ0n) is 11.4. The second kappa shape index (κ2) is 7.29. The highest BCUT2D eigenvalue weighted by Gasteiger charge is 2.20. The molecule has 1 aliphatic heterocycles. The molecule has 96 valence electrons. The molecule has 2 N–H and O–H groups in total. The lowest BCUT2D eigenvalue weighted by molar-refractivity contribution is 0.150. The van der Waals surface area contributed by atoms with Crippen LogP contribution in [0.4, 0.5) is 0 Å². The van der Waals surface area contributed by atoms with Gasteiger partial charge in [-0.05, 0) is 50.5 Å². The Bertz CT molecular complexity index is 180. The van der Waals surface area contributed by atoms with E-state index in [0.717, 1.165) is 18.3 Å². The van der Waals surface area contributed by atoms with E-state index in [1.807, 2.05) is 0 Å². The van der Waals surface area contributed by atoms with E-state index in [2.05, 4.69) is 25.7 Å². The largest absolute Gasteiger partial charge is 0.328 e. The van der Waals surface area contributed by atoms with Gasteiger partial charge in [-0.3, -0.25) is 0 Å². The molecule has 2 nitrogen and oxygen atoms in total. The minimum absolute atomic E-state index is 0.431. The quantitative estimate of drug-likeness (QED) is 0.754. The molecule has 0 aromatic carbocycles. The summed E-state index contributed by atoms with van der Waals surface area (Å²) in [5.41, 5.74) is 5.99. The lowest BCUT2D eigenvalue weighted by Crippen LogP contribution is -2.38. The summed E-state index contributed by atoms with van der Waals surface area (Å²) >= 11 is 0. The van der Waals surface area contributed by atoms with Crippen LogP contribution in [0, 0.1) is 11.8 Å². The minimum Gasteiger partial charge on any atom is -0.328 e. The van der Waals surface area contributed by atoms with Crippen LogP contribution in [0.5, 0.6) is 0 Å². The smallest absolute Gasteiger partial charge is 0.00363 e. The average molecular weight is 226 g/mol. The first-order valence-corrected chi connectivity index (χ1v) is 7.09. The molecule has 2 heteroatoms. The van der Waals surface area contributed by atoms with Crippen molar-refractivity contribution in [3.63, 3.8) is 0 Å². The summed E-state index contributed by atoms with van der Waals surface area (Å²) in [6.45, 7) is 10.7. The van der Waals surface area contributed by atoms with Crippen LogP contribution in [-0.2, 0) is 0 Å². The second-order valence-electron chi connectivity index (χ2n) is 5.91. The van der Waals surface area contributed by atoms with Crippen molar-refractivity contribution in [3.8, 4) is 0 Å². The van der Waals surface area contributed by atoms with E-state index in [-0.39, 0.29) is 0 Å². The molecule has 0 aliphatic carbocycles. The Labute approximate surface area is 102 Å². The van der Waals surface area contributed by atoms with Crippen molar-refractivity contribution >= 4 is 0 Å². The van der Waals surface area contributed by atoms with Gasteiger partial charge in [0.25, 0.3) is 0 Å². The number of nitrogens with zero attached hydrogens (tertiary/aromatic N) is 1. The Kier molecular flexibility index (Phi) is 6.37. The van der Waals surface area contributed by atoms with Gasteiger partial charge < -0.3 is 10.6 Å². The molecule has 1 fully saturated rings. The van der Waals surface area contributed by atoms with Gasteiger partial charge in [-0.1, -0.05) is 20.8 Å². The molecule has 16 heavy (non-hydrogen) atoms. The van der Waals surface area contributed by atoms with Crippen LogP contribution in [0.2, 0.25) is 0 Å². The van der Waals surface area contributed by atoms with E-state index >= 15 is 0 Å². The summed E-state index contributed by atoms with van der Waals surface area (Å²) in [5, 5.41) is 0. The minimum atomic E-state index is 0.431. The number of hydrogen-bond donors (Lipinski definition) is 1.